The van der Waals surface area contributed by atoms with E-state index in [1.165, 1.54) is 21.8 Å². The molecular formula is C21H22N4O3S. The van der Waals surface area contributed by atoms with Crippen molar-refractivity contribution in [2.75, 3.05) is 25.0 Å². The van der Waals surface area contributed by atoms with Gasteiger partial charge in [-0.05, 0) is 56.6 Å². The Bertz CT molecular complexity index is 1020. The fourth-order valence-corrected chi connectivity index (χ4v) is 4.83. The van der Waals surface area contributed by atoms with Gasteiger partial charge in [-0.1, -0.05) is 12.1 Å². The van der Waals surface area contributed by atoms with Crippen LogP contribution in [0, 0.1) is 17.0 Å². The van der Waals surface area contributed by atoms with Gasteiger partial charge in [-0.2, -0.15) is 0 Å². The molecule has 0 bridgehead atoms. The van der Waals surface area contributed by atoms with Crippen molar-refractivity contribution in [3.05, 3.63) is 63.1 Å². The van der Waals surface area contributed by atoms with E-state index in [1.54, 1.807) is 24.3 Å². The highest BCUT2D eigenvalue weighted by atomic mass is 32.1. The largest absolute Gasteiger partial charge is 0.325 e. The topological polar surface area (TPSA) is 88.4 Å². The van der Waals surface area contributed by atoms with Crippen molar-refractivity contribution in [1.82, 2.24) is 9.88 Å². The Morgan fingerprint density at radius 2 is 2.03 bits per heavy atom. The number of benzene rings is 2. The number of carbonyl (C=O) groups excluding carboxylic acids is 1. The molecule has 1 aliphatic heterocycles. The van der Waals surface area contributed by atoms with Gasteiger partial charge in [-0.15, -0.1) is 11.3 Å². The molecule has 8 heteroatoms. The maximum absolute atomic E-state index is 12.4. The molecule has 0 aliphatic carbocycles. The number of nitrogens with one attached hydrogen (secondary N) is 1. The lowest BCUT2D eigenvalue weighted by atomic mass is 9.97. The number of hydrogen-bond donors (Lipinski definition) is 1. The highest BCUT2D eigenvalue weighted by Gasteiger charge is 2.24. The van der Waals surface area contributed by atoms with Crippen LogP contribution in [0.25, 0.3) is 10.2 Å². The molecule has 1 aliphatic rings. The predicted octanol–water partition coefficient (Wildman–Crippen LogP) is 4.33. The smallest absolute Gasteiger partial charge is 0.269 e. The maximum Gasteiger partial charge on any atom is 0.269 e. The average Bonchev–Trinajstić information content (AvgIpc) is 3.14. The molecule has 0 atom stereocenters. The van der Waals surface area contributed by atoms with Crippen LogP contribution in [0.15, 0.2) is 42.5 Å². The number of likely N-dealkylation sites (tertiary alicyclic amines) is 1. The monoisotopic (exact) mass is 410 g/mol. The Balaban J connectivity index is 1.31. The van der Waals surface area contributed by atoms with Crippen molar-refractivity contribution in [2.24, 2.45) is 0 Å². The van der Waals surface area contributed by atoms with Gasteiger partial charge in [-0.3, -0.25) is 19.8 Å². The Morgan fingerprint density at radius 1 is 1.28 bits per heavy atom. The molecule has 1 amide bonds. The zero-order valence-corrected chi connectivity index (χ0v) is 16.9. The number of thiazole rings is 1. The molecule has 1 fully saturated rings. The number of carbonyl (C=O) groups is 1. The molecule has 1 saturated heterocycles. The van der Waals surface area contributed by atoms with E-state index < -0.39 is 4.92 Å². The number of nitro benzene ring substituents is 1. The molecule has 0 saturated carbocycles. The second-order valence-corrected chi connectivity index (χ2v) is 8.44. The average molecular weight is 410 g/mol. The van der Waals surface area contributed by atoms with Crippen molar-refractivity contribution in [3.63, 3.8) is 0 Å². The van der Waals surface area contributed by atoms with Crippen LogP contribution in [-0.2, 0) is 4.79 Å². The van der Waals surface area contributed by atoms with E-state index in [9.17, 15) is 14.9 Å². The van der Waals surface area contributed by atoms with E-state index in [0.717, 1.165) is 31.4 Å². The lowest BCUT2D eigenvalue weighted by Gasteiger charge is -2.30. The normalized spacial score (nSPS) is 15.5. The third kappa shape index (κ3) is 4.44. The maximum atomic E-state index is 12.4. The van der Waals surface area contributed by atoms with Gasteiger partial charge in [0, 0.05) is 23.7 Å². The number of nitro groups is 1. The minimum atomic E-state index is -0.436. The number of amides is 1. The molecule has 7 nitrogen and oxygen atoms in total. The summed E-state index contributed by atoms with van der Waals surface area (Å²) in [6.07, 6.45) is 1.98. The lowest BCUT2D eigenvalue weighted by molar-refractivity contribution is -0.384. The molecule has 0 radical (unpaired) electrons. The first-order valence-corrected chi connectivity index (χ1v) is 10.4. The van der Waals surface area contributed by atoms with E-state index in [0.29, 0.717) is 23.7 Å². The van der Waals surface area contributed by atoms with Crippen molar-refractivity contribution >= 4 is 38.8 Å². The van der Waals surface area contributed by atoms with Crippen molar-refractivity contribution in [3.8, 4) is 0 Å². The minimum Gasteiger partial charge on any atom is -0.325 e. The van der Waals surface area contributed by atoms with Gasteiger partial charge < -0.3 is 5.32 Å². The SMILES string of the molecule is Cc1cc([N+](=O)[O-])ccc1NC(=O)CN1CCC(c2nc3ccccc3s2)CC1. The zero-order valence-electron chi connectivity index (χ0n) is 16.1. The number of nitrogens with zero attached hydrogens (tertiary/aromatic N) is 3. The highest BCUT2D eigenvalue weighted by Crippen LogP contribution is 2.33. The summed E-state index contributed by atoms with van der Waals surface area (Å²) < 4.78 is 1.22. The number of aryl methyl sites for hydroxylation is 1. The highest BCUT2D eigenvalue weighted by molar-refractivity contribution is 7.18. The van der Waals surface area contributed by atoms with Gasteiger partial charge in [0.25, 0.3) is 5.69 Å². The van der Waals surface area contributed by atoms with Crippen LogP contribution in [0.3, 0.4) is 0 Å². The molecule has 2 aromatic carbocycles. The third-order valence-electron chi connectivity index (χ3n) is 5.31. The summed E-state index contributed by atoms with van der Waals surface area (Å²) in [5.41, 5.74) is 2.39. The van der Waals surface area contributed by atoms with Gasteiger partial charge in [-0.25, -0.2) is 4.98 Å². The number of piperidine rings is 1. The van der Waals surface area contributed by atoms with Crippen molar-refractivity contribution in [1.29, 1.82) is 0 Å². The van der Waals surface area contributed by atoms with Crippen LogP contribution in [0.4, 0.5) is 11.4 Å². The molecule has 1 aromatic heterocycles. The molecule has 1 N–H and O–H groups in total. The molecule has 3 aromatic rings. The van der Waals surface area contributed by atoms with Crippen LogP contribution in [0.5, 0.6) is 0 Å². The van der Waals surface area contributed by atoms with Crippen molar-refractivity contribution in [2.45, 2.75) is 25.7 Å². The molecule has 150 valence electrons. The number of fused-ring (bicyclic) bond motifs is 1. The molecule has 29 heavy (non-hydrogen) atoms. The summed E-state index contributed by atoms with van der Waals surface area (Å²) in [6, 6.07) is 12.7. The van der Waals surface area contributed by atoms with Gasteiger partial charge in [0.15, 0.2) is 0 Å². The van der Waals surface area contributed by atoms with Gasteiger partial charge in [0.2, 0.25) is 5.91 Å². The minimum absolute atomic E-state index is 0.0254. The summed E-state index contributed by atoms with van der Waals surface area (Å²) in [7, 11) is 0. The summed E-state index contributed by atoms with van der Waals surface area (Å²) in [4.78, 5) is 29.8. The second-order valence-electron chi connectivity index (χ2n) is 7.37. The van der Waals surface area contributed by atoms with Gasteiger partial charge >= 0.3 is 0 Å². The van der Waals surface area contributed by atoms with Crippen LogP contribution < -0.4 is 5.32 Å². The Kier molecular flexibility index (Phi) is 5.55. The Labute approximate surface area is 172 Å². The number of rotatable bonds is 5. The van der Waals surface area contributed by atoms with Gasteiger partial charge in [0.05, 0.1) is 26.7 Å². The van der Waals surface area contributed by atoms with E-state index >= 15 is 0 Å². The molecule has 2 heterocycles. The predicted molar refractivity (Wildman–Crippen MR) is 114 cm³/mol. The third-order valence-corrected chi connectivity index (χ3v) is 6.51. The van der Waals surface area contributed by atoms with Crippen LogP contribution in [0.2, 0.25) is 0 Å². The van der Waals surface area contributed by atoms with Crippen molar-refractivity contribution < 1.29 is 9.72 Å². The zero-order chi connectivity index (χ0) is 20.4. The first-order valence-electron chi connectivity index (χ1n) is 9.62. The summed E-state index contributed by atoms with van der Waals surface area (Å²) >= 11 is 1.77. The molecule has 0 unspecified atom stereocenters. The Hall–Kier alpha value is -2.84. The summed E-state index contributed by atoms with van der Waals surface area (Å²) in [5, 5.41) is 14.9. The Morgan fingerprint density at radius 3 is 2.72 bits per heavy atom. The first kappa shape index (κ1) is 19.5. The fraction of sp³-hybridized carbons (Fsp3) is 0.333. The first-order chi connectivity index (χ1) is 14.0. The van der Waals surface area contributed by atoms with E-state index in [2.05, 4.69) is 22.3 Å². The second kappa shape index (κ2) is 8.26. The number of anilines is 1. The van der Waals surface area contributed by atoms with E-state index in [4.69, 9.17) is 4.98 Å². The molecule has 0 spiro atoms. The number of aromatic nitrogens is 1. The summed E-state index contributed by atoms with van der Waals surface area (Å²) in [5.74, 6) is 0.351. The van der Waals surface area contributed by atoms with Crippen LogP contribution in [0.1, 0.15) is 29.3 Å². The van der Waals surface area contributed by atoms with Crippen LogP contribution >= 0.6 is 11.3 Å². The van der Waals surface area contributed by atoms with Gasteiger partial charge in [0.1, 0.15) is 0 Å². The van der Waals surface area contributed by atoms with E-state index in [-0.39, 0.29) is 11.6 Å². The lowest BCUT2D eigenvalue weighted by Crippen LogP contribution is -2.38. The van der Waals surface area contributed by atoms with E-state index in [1.807, 2.05) is 12.1 Å². The standard InChI is InChI=1S/C21H22N4O3S/c1-14-12-16(25(27)28)6-7-17(14)22-20(26)13-24-10-8-15(9-11-24)21-23-18-4-2-3-5-19(18)29-21/h2-7,12,15H,8-11,13H2,1H3,(H,22,26). The number of hydrogen-bond acceptors (Lipinski definition) is 6. The fourth-order valence-electron chi connectivity index (χ4n) is 3.70. The number of para-hydroxylation sites is 1. The quantitative estimate of drug-likeness (QED) is 0.500. The van der Waals surface area contributed by atoms with Crippen LogP contribution in [-0.4, -0.2) is 40.3 Å². The number of non-ortho nitro benzene ring substituents is 1. The summed E-state index contributed by atoms with van der Waals surface area (Å²) in [6.45, 7) is 3.79. The molecule has 4 rings (SSSR count). The molecular weight excluding hydrogens is 388 g/mol.